The molecule has 0 aliphatic rings. The van der Waals surface area contributed by atoms with Gasteiger partial charge in [-0.15, -0.1) is 0 Å². The van der Waals surface area contributed by atoms with Crippen LogP contribution in [0.25, 0.3) is 0 Å². The summed E-state index contributed by atoms with van der Waals surface area (Å²) in [4.78, 5) is 20.6. The summed E-state index contributed by atoms with van der Waals surface area (Å²) >= 11 is 0. The molecule has 5 nitrogen and oxygen atoms in total. The molecule has 5 heteroatoms. The van der Waals surface area contributed by atoms with E-state index in [9.17, 15) is 4.79 Å². The maximum absolute atomic E-state index is 11.6. The molecule has 19 heavy (non-hydrogen) atoms. The normalized spacial score (nSPS) is 10.5. The molecule has 100 valence electrons. The highest BCUT2D eigenvalue weighted by Gasteiger charge is 2.10. The topological polar surface area (TPSA) is 75.0 Å². The molecule has 1 aromatic heterocycles. The van der Waals surface area contributed by atoms with Crippen LogP contribution in [0.5, 0.6) is 0 Å². The molecule has 3 N–H and O–H groups in total. The number of nitrogens with zero attached hydrogens (tertiary/aromatic N) is 2. The lowest BCUT2D eigenvalue weighted by molar-refractivity contribution is 0.905. The zero-order chi connectivity index (χ0) is 13.8. The number of aromatic amines is 1. The van der Waals surface area contributed by atoms with Crippen molar-refractivity contribution in [2.75, 3.05) is 11.9 Å². The molecule has 1 aromatic carbocycles. The van der Waals surface area contributed by atoms with Crippen molar-refractivity contribution in [3.05, 3.63) is 52.1 Å². The fourth-order valence-electron chi connectivity index (χ4n) is 1.97. The lowest BCUT2D eigenvalue weighted by Gasteiger charge is -2.21. The summed E-state index contributed by atoms with van der Waals surface area (Å²) in [5, 5.41) is 0. The van der Waals surface area contributed by atoms with Crippen molar-refractivity contribution >= 4 is 11.5 Å². The highest BCUT2D eigenvalue weighted by molar-refractivity contribution is 5.62. The molecule has 0 radical (unpaired) electrons. The van der Waals surface area contributed by atoms with E-state index >= 15 is 0 Å². The van der Waals surface area contributed by atoms with Crippen molar-refractivity contribution in [1.29, 1.82) is 0 Å². The number of hydrogen-bond acceptors (Lipinski definition) is 4. The van der Waals surface area contributed by atoms with Crippen LogP contribution in [0.4, 0.5) is 11.5 Å². The van der Waals surface area contributed by atoms with E-state index in [2.05, 4.69) is 9.97 Å². The van der Waals surface area contributed by atoms with Crippen molar-refractivity contribution < 1.29 is 0 Å². The number of nitrogens with two attached hydrogens (primary N) is 1. The van der Waals surface area contributed by atoms with Crippen LogP contribution >= 0.6 is 0 Å². The molecule has 1 heterocycles. The van der Waals surface area contributed by atoms with Gasteiger partial charge in [0.15, 0.2) is 0 Å². The van der Waals surface area contributed by atoms with E-state index in [-0.39, 0.29) is 5.56 Å². The van der Waals surface area contributed by atoms with Crippen molar-refractivity contribution in [2.45, 2.75) is 19.9 Å². The van der Waals surface area contributed by atoms with Gasteiger partial charge < -0.3 is 15.6 Å². The third kappa shape index (κ3) is 2.82. The van der Waals surface area contributed by atoms with Gasteiger partial charge in [0.1, 0.15) is 11.6 Å². The van der Waals surface area contributed by atoms with Gasteiger partial charge in [0.25, 0.3) is 5.56 Å². The molecule has 0 saturated carbocycles. The second-order valence-electron chi connectivity index (χ2n) is 4.30. The maximum Gasteiger partial charge on any atom is 0.252 e. The monoisotopic (exact) mass is 258 g/mol. The van der Waals surface area contributed by atoms with Gasteiger partial charge in [-0.3, -0.25) is 4.79 Å². The number of rotatable bonds is 4. The van der Waals surface area contributed by atoms with E-state index < -0.39 is 0 Å². The first kappa shape index (κ1) is 13.3. The van der Waals surface area contributed by atoms with Crippen LogP contribution in [-0.2, 0) is 13.0 Å². The van der Waals surface area contributed by atoms with Crippen LogP contribution in [0.2, 0.25) is 0 Å². The summed E-state index contributed by atoms with van der Waals surface area (Å²) in [6.07, 6.45) is 0.690. The van der Waals surface area contributed by atoms with Gasteiger partial charge in [-0.05, 0) is 11.6 Å². The quantitative estimate of drug-likeness (QED) is 0.872. The van der Waals surface area contributed by atoms with Crippen molar-refractivity contribution in [3.8, 4) is 0 Å². The Morgan fingerprint density at radius 3 is 2.79 bits per heavy atom. The Hall–Kier alpha value is -2.14. The van der Waals surface area contributed by atoms with Gasteiger partial charge in [-0.1, -0.05) is 25.1 Å². The third-order valence-electron chi connectivity index (χ3n) is 3.03. The Balaban J connectivity index is 2.46. The van der Waals surface area contributed by atoms with E-state index in [0.29, 0.717) is 24.6 Å². The first-order valence-corrected chi connectivity index (χ1v) is 6.27. The number of para-hydroxylation sites is 1. The Labute approximate surface area is 112 Å². The average Bonchev–Trinajstić information content (AvgIpc) is 2.45. The first-order valence-electron chi connectivity index (χ1n) is 6.27. The number of benzene rings is 1. The van der Waals surface area contributed by atoms with Gasteiger partial charge in [0.2, 0.25) is 0 Å². The summed E-state index contributed by atoms with van der Waals surface area (Å²) in [6, 6.07) is 9.32. The van der Waals surface area contributed by atoms with Crippen LogP contribution in [0.1, 0.15) is 18.3 Å². The largest absolute Gasteiger partial charge is 0.329 e. The van der Waals surface area contributed by atoms with E-state index in [4.69, 9.17) is 5.73 Å². The van der Waals surface area contributed by atoms with E-state index in [1.54, 1.807) is 0 Å². The number of anilines is 2. The molecular formula is C14H18N4O. The molecule has 0 spiro atoms. The molecule has 0 unspecified atom stereocenters. The Kier molecular flexibility index (Phi) is 3.97. The smallest absolute Gasteiger partial charge is 0.252 e. The van der Waals surface area contributed by atoms with Crippen LogP contribution in [-0.4, -0.2) is 17.0 Å². The van der Waals surface area contributed by atoms with Gasteiger partial charge in [0.05, 0.1) is 0 Å². The van der Waals surface area contributed by atoms with E-state index in [0.717, 1.165) is 11.3 Å². The molecule has 0 aliphatic carbocycles. The summed E-state index contributed by atoms with van der Waals surface area (Å²) in [5.41, 5.74) is 7.58. The molecular weight excluding hydrogens is 240 g/mol. The standard InChI is InChI=1S/C14H18N4O/c1-3-12-16-13(8-14(19)17-12)18(2)11-7-5-4-6-10(11)9-15/h4-8H,3,9,15H2,1-2H3,(H,16,17,19). The van der Waals surface area contributed by atoms with Gasteiger partial charge >= 0.3 is 0 Å². The first-order chi connectivity index (χ1) is 9.15. The Morgan fingerprint density at radius 2 is 2.11 bits per heavy atom. The minimum absolute atomic E-state index is 0.140. The molecule has 0 saturated heterocycles. The molecule has 0 fully saturated rings. The average molecular weight is 258 g/mol. The minimum atomic E-state index is -0.140. The van der Waals surface area contributed by atoms with Crippen LogP contribution < -0.4 is 16.2 Å². The molecule has 0 aliphatic heterocycles. The minimum Gasteiger partial charge on any atom is -0.329 e. The number of hydrogen-bond donors (Lipinski definition) is 2. The molecule has 0 bridgehead atoms. The molecule has 2 aromatic rings. The predicted molar refractivity (Wildman–Crippen MR) is 76.6 cm³/mol. The lowest BCUT2D eigenvalue weighted by Crippen LogP contribution is -2.19. The second kappa shape index (κ2) is 5.67. The van der Waals surface area contributed by atoms with Crippen molar-refractivity contribution in [1.82, 2.24) is 9.97 Å². The molecule has 0 atom stereocenters. The number of H-pyrrole nitrogens is 1. The van der Waals surface area contributed by atoms with E-state index in [1.807, 2.05) is 43.1 Å². The Morgan fingerprint density at radius 1 is 1.37 bits per heavy atom. The Bertz CT molecular complexity index is 621. The lowest BCUT2D eigenvalue weighted by atomic mass is 10.1. The van der Waals surface area contributed by atoms with Crippen molar-refractivity contribution in [2.24, 2.45) is 5.73 Å². The predicted octanol–water partition coefficient (Wildman–Crippen LogP) is 1.56. The number of nitrogens with one attached hydrogen (secondary N) is 1. The van der Waals surface area contributed by atoms with Gasteiger partial charge in [-0.2, -0.15) is 0 Å². The van der Waals surface area contributed by atoms with Crippen LogP contribution in [0.3, 0.4) is 0 Å². The third-order valence-corrected chi connectivity index (χ3v) is 3.03. The van der Waals surface area contributed by atoms with Gasteiger partial charge in [0, 0.05) is 31.8 Å². The number of aromatic nitrogens is 2. The SMILES string of the molecule is CCc1nc(N(C)c2ccccc2CN)cc(=O)[nH]1. The molecule has 0 amide bonds. The highest BCUT2D eigenvalue weighted by Crippen LogP contribution is 2.24. The van der Waals surface area contributed by atoms with Gasteiger partial charge in [-0.25, -0.2) is 4.98 Å². The summed E-state index contributed by atoms with van der Waals surface area (Å²) in [6.45, 7) is 2.40. The zero-order valence-electron chi connectivity index (χ0n) is 11.2. The van der Waals surface area contributed by atoms with E-state index in [1.165, 1.54) is 6.07 Å². The fraction of sp³-hybridized carbons (Fsp3) is 0.286. The number of aryl methyl sites for hydroxylation is 1. The maximum atomic E-state index is 11.6. The van der Waals surface area contributed by atoms with Crippen molar-refractivity contribution in [3.63, 3.8) is 0 Å². The van der Waals surface area contributed by atoms with Crippen LogP contribution in [0, 0.1) is 0 Å². The highest BCUT2D eigenvalue weighted by atomic mass is 16.1. The zero-order valence-corrected chi connectivity index (χ0v) is 11.2. The summed E-state index contributed by atoms with van der Waals surface area (Å²) in [7, 11) is 1.88. The fourth-order valence-corrected chi connectivity index (χ4v) is 1.97. The molecule has 2 rings (SSSR count). The summed E-state index contributed by atoms with van der Waals surface area (Å²) < 4.78 is 0. The summed E-state index contributed by atoms with van der Waals surface area (Å²) in [5.74, 6) is 1.31. The van der Waals surface area contributed by atoms with Crippen LogP contribution in [0.15, 0.2) is 35.1 Å². The second-order valence-corrected chi connectivity index (χ2v) is 4.30.